The second-order valence-electron chi connectivity index (χ2n) is 6.97. The highest BCUT2D eigenvalue weighted by molar-refractivity contribution is 5.78. The number of carbonyl (C=O) groups excluding carboxylic acids is 1. The van der Waals surface area contributed by atoms with Crippen molar-refractivity contribution in [2.45, 2.75) is 45.3 Å². The maximum absolute atomic E-state index is 12.4. The number of para-hydroxylation sites is 1. The minimum atomic E-state index is 0.139. The molecule has 0 saturated carbocycles. The molecule has 25 heavy (non-hydrogen) atoms. The van der Waals surface area contributed by atoms with Crippen LogP contribution < -0.4 is 10.1 Å². The molecule has 0 radical (unpaired) electrons. The SMILES string of the molecule is CCOc1ccccc1CN1CCC(C(=O)NC[C@@H]2CCCO2)CC1. The van der Waals surface area contributed by atoms with Gasteiger partial charge in [-0.25, -0.2) is 0 Å². The Balaban J connectivity index is 1.43. The number of nitrogens with one attached hydrogen (secondary N) is 1. The van der Waals surface area contributed by atoms with Gasteiger partial charge in [0.2, 0.25) is 5.91 Å². The first-order chi connectivity index (χ1) is 12.3. The zero-order valence-corrected chi connectivity index (χ0v) is 15.2. The average Bonchev–Trinajstić information content (AvgIpc) is 3.16. The Kier molecular flexibility index (Phi) is 6.70. The number of nitrogens with zero attached hydrogens (tertiary/aromatic N) is 1. The van der Waals surface area contributed by atoms with Gasteiger partial charge >= 0.3 is 0 Å². The van der Waals surface area contributed by atoms with Gasteiger partial charge in [-0.15, -0.1) is 0 Å². The van der Waals surface area contributed by atoms with Crippen LogP contribution in [0.4, 0.5) is 0 Å². The van der Waals surface area contributed by atoms with E-state index in [1.165, 1.54) is 5.56 Å². The van der Waals surface area contributed by atoms with Gasteiger partial charge in [0.05, 0.1) is 12.7 Å². The lowest BCUT2D eigenvalue weighted by Crippen LogP contribution is -2.42. The molecule has 3 rings (SSSR count). The van der Waals surface area contributed by atoms with Crippen LogP contribution in [0.25, 0.3) is 0 Å². The van der Waals surface area contributed by atoms with E-state index in [9.17, 15) is 4.79 Å². The van der Waals surface area contributed by atoms with Crippen molar-refractivity contribution in [1.82, 2.24) is 10.2 Å². The third-order valence-electron chi connectivity index (χ3n) is 5.15. The molecule has 1 aromatic rings. The minimum Gasteiger partial charge on any atom is -0.494 e. The van der Waals surface area contributed by atoms with Crippen LogP contribution in [0.5, 0.6) is 5.75 Å². The first-order valence-corrected chi connectivity index (χ1v) is 9.58. The highest BCUT2D eigenvalue weighted by atomic mass is 16.5. The summed E-state index contributed by atoms with van der Waals surface area (Å²) in [6.07, 6.45) is 4.25. The largest absolute Gasteiger partial charge is 0.494 e. The van der Waals surface area contributed by atoms with Crippen LogP contribution in [0.2, 0.25) is 0 Å². The molecule has 138 valence electrons. The van der Waals surface area contributed by atoms with E-state index in [1.54, 1.807) is 0 Å². The monoisotopic (exact) mass is 346 g/mol. The number of benzene rings is 1. The molecule has 2 aliphatic rings. The molecule has 2 aliphatic heterocycles. The maximum atomic E-state index is 12.4. The smallest absolute Gasteiger partial charge is 0.223 e. The lowest BCUT2D eigenvalue weighted by atomic mass is 9.95. The van der Waals surface area contributed by atoms with Crippen molar-refractivity contribution in [3.8, 4) is 5.75 Å². The third-order valence-corrected chi connectivity index (χ3v) is 5.15. The Morgan fingerprint density at radius 3 is 2.80 bits per heavy atom. The van der Waals surface area contributed by atoms with E-state index in [0.717, 1.165) is 57.7 Å². The van der Waals surface area contributed by atoms with E-state index >= 15 is 0 Å². The van der Waals surface area contributed by atoms with Gasteiger partial charge in [0, 0.05) is 31.2 Å². The summed E-state index contributed by atoms with van der Waals surface area (Å²) in [4.78, 5) is 14.8. The molecule has 0 aromatic heterocycles. The quantitative estimate of drug-likeness (QED) is 0.824. The van der Waals surface area contributed by atoms with Gasteiger partial charge in [0.15, 0.2) is 0 Å². The van der Waals surface area contributed by atoms with E-state index < -0.39 is 0 Å². The Bertz CT molecular complexity index is 550. The van der Waals surface area contributed by atoms with Crippen molar-refractivity contribution in [2.75, 3.05) is 32.8 Å². The normalized spacial score (nSPS) is 22.0. The first kappa shape index (κ1) is 18.2. The molecule has 0 unspecified atom stereocenters. The summed E-state index contributed by atoms with van der Waals surface area (Å²) in [5, 5.41) is 3.08. The number of amides is 1. The molecule has 0 spiro atoms. The summed E-state index contributed by atoms with van der Waals surface area (Å²) in [6, 6.07) is 8.23. The van der Waals surface area contributed by atoms with Gasteiger partial charge in [-0.05, 0) is 51.8 Å². The lowest BCUT2D eigenvalue weighted by Gasteiger charge is -2.31. The van der Waals surface area contributed by atoms with Crippen molar-refractivity contribution >= 4 is 5.91 Å². The molecule has 1 amide bonds. The number of hydrogen-bond donors (Lipinski definition) is 1. The van der Waals surface area contributed by atoms with Crippen molar-refractivity contribution in [3.63, 3.8) is 0 Å². The van der Waals surface area contributed by atoms with Crippen LogP contribution in [-0.2, 0) is 16.1 Å². The fourth-order valence-corrected chi connectivity index (χ4v) is 3.69. The number of likely N-dealkylation sites (tertiary alicyclic amines) is 1. The fourth-order valence-electron chi connectivity index (χ4n) is 3.69. The molecule has 1 atom stereocenters. The standard InChI is InChI=1S/C20H30N2O3/c1-2-24-19-8-4-3-6-17(19)15-22-11-9-16(10-12-22)20(23)21-14-18-7-5-13-25-18/h3-4,6,8,16,18H,2,5,7,9-15H2,1H3,(H,21,23)/t18-/m0/s1. The molecule has 2 heterocycles. The maximum Gasteiger partial charge on any atom is 0.223 e. The Morgan fingerprint density at radius 2 is 2.08 bits per heavy atom. The Morgan fingerprint density at radius 1 is 1.28 bits per heavy atom. The Labute approximate surface area is 150 Å². The molecule has 2 saturated heterocycles. The van der Waals surface area contributed by atoms with Crippen molar-refractivity contribution in [3.05, 3.63) is 29.8 Å². The van der Waals surface area contributed by atoms with Gasteiger partial charge < -0.3 is 14.8 Å². The van der Waals surface area contributed by atoms with Gasteiger partial charge in [-0.3, -0.25) is 9.69 Å². The molecule has 2 fully saturated rings. The molecular weight excluding hydrogens is 316 g/mol. The van der Waals surface area contributed by atoms with Gasteiger partial charge in [0.25, 0.3) is 0 Å². The summed E-state index contributed by atoms with van der Waals surface area (Å²) < 4.78 is 11.3. The highest BCUT2D eigenvalue weighted by Gasteiger charge is 2.26. The molecule has 1 aromatic carbocycles. The zero-order valence-electron chi connectivity index (χ0n) is 15.2. The third kappa shape index (κ3) is 5.19. The van der Waals surface area contributed by atoms with E-state index in [1.807, 2.05) is 19.1 Å². The number of carbonyl (C=O) groups is 1. The summed E-state index contributed by atoms with van der Waals surface area (Å²) in [7, 11) is 0. The van der Waals surface area contributed by atoms with Crippen molar-refractivity contribution in [2.24, 2.45) is 5.92 Å². The molecule has 0 bridgehead atoms. The first-order valence-electron chi connectivity index (χ1n) is 9.58. The summed E-state index contributed by atoms with van der Waals surface area (Å²) in [6.45, 7) is 7.00. The van der Waals surface area contributed by atoms with Crippen LogP contribution in [0.1, 0.15) is 38.2 Å². The number of piperidine rings is 1. The second-order valence-corrected chi connectivity index (χ2v) is 6.97. The van der Waals surface area contributed by atoms with E-state index in [-0.39, 0.29) is 17.9 Å². The second kappa shape index (κ2) is 9.20. The number of hydrogen-bond acceptors (Lipinski definition) is 4. The average molecular weight is 346 g/mol. The number of ether oxygens (including phenoxy) is 2. The van der Waals surface area contributed by atoms with Gasteiger partial charge in [0.1, 0.15) is 5.75 Å². The predicted molar refractivity (Wildman–Crippen MR) is 97.6 cm³/mol. The van der Waals surface area contributed by atoms with E-state index in [2.05, 4.69) is 22.3 Å². The summed E-state index contributed by atoms with van der Waals surface area (Å²) >= 11 is 0. The molecule has 1 N–H and O–H groups in total. The lowest BCUT2D eigenvalue weighted by molar-refractivity contribution is -0.127. The predicted octanol–water partition coefficient (Wildman–Crippen LogP) is 2.59. The molecule has 0 aliphatic carbocycles. The van der Waals surface area contributed by atoms with Crippen LogP contribution >= 0.6 is 0 Å². The van der Waals surface area contributed by atoms with Gasteiger partial charge in [-0.1, -0.05) is 18.2 Å². The van der Waals surface area contributed by atoms with Gasteiger partial charge in [-0.2, -0.15) is 0 Å². The molecule has 5 heteroatoms. The summed E-state index contributed by atoms with van der Waals surface area (Å²) in [5.41, 5.74) is 1.23. The van der Waals surface area contributed by atoms with E-state index in [0.29, 0.717) is 13.2 Å². The molecular formula is C20H30N2O3. The highest BCUT2D eigenvalue weighted by Crippen LogP contribution is 2.24. The van der Waals surface area contributed by atoms with Crippen LogP contribution in [-0.4, -0.2) is 49.8 Å². The Hall–Kier alpha value is -1.59. The summed E-state index contributed by atoms with van der Waals surface area (Å²) in [5.74, 6) is 1.31. The fraction of sp³-hybridized carbons (Fsp3) is 0.650. The topological polar surface area (TPSA) is 50.8 Å². The van der Waals surface area contributed by atoms with Crippen LogP contribution in [0, 0.1) is 5.92 Å². The zero-order chi connectivity index (χ0) is 17.5. The van der Waals surface area contributed by atoms with Crippen molar-refractivity contribution in [1.29, 1.82) is 0 Å². The van der Waals surface area contributed by atoms with E-state index in [4.69, 9.17) is 9.47 Å². The van der Waals surface area contributed by atoms with Crippen molar-refractivity contribution < 1.29 is 14.3 Å². The minimum absolute atomic E-state index is 0.139. The number of rotatable bonds is 7. The molecule has 5 nitrogen and oxygen atoms in total. The van der Waals surface area contributed by atoms with Crippen LogP contribution in [0.3, 0.4) is 0 Å². The van der Waals surface area contributed by atoms with Crippen LogP contribution in [0.15, 0.2) is 24.3 Å².